The van der Waals surface area contributed by atoms with Gasteiger partial charge in [-0.15, -0.1) is 0 Å². The zero-order chi connectivity index (χ0) is 23.3. The molecule has 4 rings (SSSR count). The van der Waals surface area contributed by atoms with Crippen LogP contribution in [0.1, 0.15) is 45.5 Å². The topological polar surface area (TPSA) is 96.0 Å². The maximum Gasteiger partial charge on any atom is 0.253 e. The van der Waals surface area contributed by atoms with E-state index in [1.54, 1.807) is 24.3 Å². The summed E-state index contributed by atoms with van der Waals surface area (Å²) in [5, 5.41) is 2.82. The molecule has 0 bridgehead atoms. The van der Waals surface area contributed by atoms with Crippen molar-refractivity contribution in [3.63, 3.8) is 0 Å². The molecule has 1 N–H and O–H groups in total. The highest BCUT2D eigenvalue weighted by atomic mass is 32.2. The summed E-state index contributed by atoms with van der Waals surface area (Å²) in [6.07, 6.45) is 3.26. The minimum absolute atomic E-state index is 0.0450. The summed E-state index contributed by atoms with van der Waals surface area (Å²) in [5.41, 5.74) is 1.78. The summed E-state index contributed by atoms with van der Waals surface area (Å²) >= 11 is 0. The van der Waals surface area contributed by atoms with Gasteiger partial charge in [-0.25, -0.2) is 8.42 Å². The highest BCUT2D eigenvalue weighted by Crippen LogP contribution is 2.19. The molecule has 2 saturated heterocycles. The third kappa shape index (κ3) is 5.61. The van der Waals surface area contributed by atoms with Crippen LogP contribution in [0.5, 0.6) is 0 Å². The van der Waals surface area contributed by atoms with E-state index in [9.17, 15) is 18.0 Å². The first-order chi connectivity index (χ1) is 15.9. The average Bonchev–Trinajstić information content (AvgIpc) is 2.88. The first kappa shape index (κ1) is 23.4. The van der Waals surface area contributed by atoms with E-state index in [0.717, 1.165) is 31.5 Å². The van der Waals surface area contributed by atoms with Gasteiger partial charge >= 0.3 is 0 Å². The second-order valence-corrected chi connectivity index (χ2v) is 10.2. The highest BCUT2D eigenvalue weighted by molar-refractivity contribution is 7.89. The average molecular weight is 472 g/mol. The first-order valence-corrected chi connectivity index (χ1v) is 12.7. The third-order valence-corrected chi connectivity index (χ3v) is 7.90. The van der Waals surface area contributed by atoms with Crippen LogP contribution in [-0.2, 0) is 21.3 Å². The normalized spacial score (nSPS) is 17.5. The van der Waals surface area contributed by atoms with Gasteiger partial charge in [0, 0.05) is 43.9 Å². The number of ether oxygens (including phenoxy) is 1. The minimum Gasteiger partial charge on any atom is -0.379 e. The van der Waals surface area contributed by atoms with E-state index in [4.69, 9.17) is 4.74 Å². The molecule has 0 saturated carbocycles. The Morgan fingerprint density at radius 3 is 2.27 bits per heavy atom. The molecule has 2 fully saturated rings. The monoisotopic (exact) mass is 471 g/mol. The SMILES string of the molecule is O=C(NCc1ccc(C(=O)N2CCCCC2)cc1)c1cccc(S(=O)(=O)N2CCOCC2)c1. The van der Waals surface area contributed by atoms with Gasteiger partial charge in [-0.1, -0.05) is 18.2 Å². The number of rotatable bonds is 6. The zero-order valence-electron chi connectivity index (χ0n) is 18.5. The molecule has 9 heteroatoms. The van der Waals surface area contributed by atoms with Crippen molar-refractivity contribution in [3.8, 4) is 0 Å². The second kappa shape index (κ2) is 10.5. The fourth-order valence-corrected chi connectivity index (χ4v) is 5.52. The lowest BCUT2D eigenvalue weighted by atomic mass is 10.1. The third-order valence-electron chi connectivity index (χ3n) is 6.00. The molecule has 2 heterocycles. The predicted molar refractivity (Wildman–Crippen MR) is 123 cm³/mol. The van der Waals surface area contributed by atoms with E-state index in [0.29, 0.717) is 31.9 Å². The molecule has 2 amide bonds. The lowest BCUT2D eigenvalue weighted by Crippen LogP contribution is -2.40. The fourth-order valence-electron chi connectivity index (χ4n) is 4.06. The van der Waals surface area contributed by atoms with Crippen LogP contribution in [0.3, 0.4) is 0 Å². The molecular weight excluding hydrogens is 442 g/mol. The molecule has 0 aliphatic carbocycles. The van der Waals surface area contributed by atoms with E-state index in [1.165, 1.54) is 22.9 Å². The summed E-state index contributed by atoms with van der Waals surface area (Å²) in [7, 11) is -3.67. The Kier molecular flexibility index (Phi) is 7.42. The first-order valence-electron chi connectivity index (χ1n) is 11.3. The zero-order valence-corrected chi connectivity index (χ0v) is 19.4. The molecule has 2 aliphatic rings. The van der Waals surface area contributed by atoms with Crippen molar-refractivity contribution in [2.75, 3.05) is 39.4 Å². The molecule has 2 aromatic carbocycles. The van der Waals surface area contributed by atoms with Crippen molar-refractivity contribution in [1.82, 2.24) is 14.5 Å². The van der Waals surface area contributed by atoms with E-state index in [-0.39, 0.29) is 28.8 Å². The molecule has 2 aliphatic heterocycles. The van der Waals surface area contributed by atoms with Crippen molar-refractivity contribution in [1.29, 1.82) is 0 Å². The molecule has 2 aromatic rings. The van der Waals surface area contributed by atoms with Gasteiger partial charge in [0.1, 0.15) is 0 Å². The lowest BCUT2D eigenvalue weighted by molar-refractivity contribution is 0.0724. The Hall–Kier alpha value is -2.75. The van der Waals surface area contributed by atoms with Crippen molar-refractivity contribution in [2.45, 2.75) is 30.7 Å². The Bertz CT molecular complexity index is 1090. The fraction of sp³-hybridized carbons (Fsp3) is 0.417. The van der Waals surface area contributed by atoms with Gasteiger partial charge < -0.3 is 15.0 Å². The Labute approximate surface area is 194 Å². The van der Waals surface area contributed by atoms with E-state index < -0.39 is 10.0 Å². The van der Waals surface area contributed by atoms with Crippen LogP contribution in [-0.4, -0.2) is 68.8 Å². The van der Waals surface area contributed by atoms with Crippen LogP contribution < -0.4 is 5.32 Å². The molecule has 0 radical (unpaired) electrons. The number of benzene rings is 2. The number of carbonyl (C=O) groups is 2. The van der Waals surface area contributed by atoms with Crippen molar-refractivity contribution >= 4 is 21.8 Å². The Morgan fingerprint density at radius 2 is 1.58 bits per heavy atom. The number of sulfonamides is 1. The van der Waals surface area contributed by atoms with Gasteiger partial charge in [0.2, 0.25) is 10.0 Å². The van der Waals surface area contributed by atoms with Crippen molar-refractivity contribution in [3.05, 3.63) is 65.2 Å². The number of nitrogens with zero attached hydrogens (tertiary/aromatic N) is 2. The number of amides is 2. The number of hydrogen-bond acceptors (Lipinski definition) is 5. The van der Waals surface area contributed by atoms with Gasteiger partial charge in [-0.2, -0.15) is 4.31 Å². The van der Waals surface area contributed by atoms with Crippen molar-refractivity contribution in [2.24, 2.45) is 0 Å². The molecule has 0 atom stereocenters. The second-order valence-electron chi connectivity index (χ2n) is 8.28. The lowest BCUT2D eigenvalue weighted by Gasteiger charge is -2.26. The highest BCUT2D eigenvalue weighted by Gasteiger charge is 2.27. The number of carbonyl (C=O) groups excluding carboxylic acids is 2. The van der Waals surface area contributed by atoms with Crippen LogP contribution in [0.4, 0.5) is 0 Å². The largest absolute Gasteiger partial charge is 0.379 e. The Balaban J connectivity index is 1.37. The maximum atomic E-state index is 12.9. The van der Waals surface area contributed by atoms with Gasteiger partial charge in [0.25, 0.3) is 11.8 Å². The number of likely N-dealkylation sites (tertiary alicyclic amines) is 1. The molecule has 8 nitrogen and oxygen atoms in total. The van der Waals surface area contributed by atoms with E-state index in [2.05, 4.69) is 5.32 Å². The number of piperidine rings is 1. The minimum atomic E-state index is -3.67. The number of morpholine rings is 1. The van der Waals surface area contributed by atoms with Crippen LogP contribution >= 0.6 is 0 Å². The quantitative estimate of drug-likeness (QED) is 0.697. The Morgan fingerprint density at radius 1 is 0.879 bits per heavy atom. The molecule has 0 spiro atoms. The van der Waals surface area contributed by atoms with Crippen LogP contribution in [0.25, 0.3) is 0 Å². The van der Waals surface area contributed by atoms with Gasteiger partial charge in [-0.3, -0.25) is 9.59 Å². The summed E-state index contributed by atoms with van der Waals surface area (Å²) in [5.74, 6) is -0.314. The van der Waals surface area contributed by atoms with E-state index in [1.807, 2.05) is 17.0 Å². The van der Waals surface area contributed by atoms with Gasteiger partial charge in [0.05, 0.1) is 18.1 Å². The standard InChI is InChI=1S/C24H29N3O5S/c28-23(21-5-4-6-22(17-21)33(30,31)27-13-15-32-16-14-27)25-18-19-7-9-20(10-8-19)24(29)26-11-2-1-3-12-26/h4-10,17H,1-3,11-16,18H2,(H,25,28). The van der Waals surface area contributed by atoms with Gasteiger partial charge in [0.15, 0.2) is 0 Å². The smallest absolute Gasteiger partial charge is 0.253 e. The molecule has 0 unspecified atom stereocenters. The maximum absolute atomic E-state index is 12.9. The summed E-state index contributed by atoms with van der Waals surface area (Å²) < 4.78 is 32.3. The molecular formula is C24H29N3O5S. The van der Waals surface area contributed by atoms with Crippen LogP contribution in [0.15, 0.2) is 53.4 Å². The van der Waals surface area contributed by atoms with Crippen LogP contribution in [0.2, 0.25) is 0 Å². The number of nitrogens with one attached hydrogen (secondary N) is 1. The molecule has 0 aromatic heterocycles. The number of hydrogen-bond donors (Lipinski definition) is 1. The predicted octanol–water partition coefficient (Wildman–Crippen LogP) is 2.26. The summed E-state index contributed by atoms with van der Waals surface area (Å²) in [6.45, 7) is 3.21. The summed E-state index contributed by atoms with van der Waals surface area (Å²) in [4.78, 5) is 27.2. The van der Waals surface area contributed by atoms with Gasteiger partial charge in [-0.05, 0) is 55.2 Å². The van der Waals surface area contributed by atoms with Crippen molar-refractivity contribution < 1.29 is 22.7 Å². The molecule has 176 valence electrons. The van der Waals surface area contributed by atoms with E-state index >= 15 is 0 Å². The summed E-state index contributed by atoms with van der Waals surface area (Å²) in [6, 6.07) is 13.3. The molecule has 33 heavy (non-hydrogen) atoms. The van der Waals surface area contributed by atoms with Crippen LogP contribution in [0, 0.1) is 0 Å².